The Morgan fingerprint density at radius 2 is 1.79 bits per heavy atom. The Labute approximate surface area is 104 Å². The zero-order valence-corrected chi connectivity index (χ0v) is 10.4. The minimum Gasteiger partial charge on any atom is -0.548 e. The zero-order valence-electron chi connectivity index (χ0n) is 8.43. The average molecular weight is 216 g/mol. The van der Waals surface area contributed by atoms with Gasteiger partial charge in [0.15, 0.2) is 0 Å². The Morgan fingerprint density at radius 1 is 1.50 bits per heavy atom. The largest absolute Gasteiger partial charge is 1.00 e. The van der Waals surface area contributed by atoms with Crippen LogP contribution in [0, 0.1) is 0 Å². The van der Waals surface area contributed by atoms with E-state index in [9.17, 15) is 14.7 Å². The second-order valence-electron chi connectivity index (χ2n) is 2.17. The number of aliphatic carboxylic acids is 1. The van der Waals surface area contributed by atoms with Gasteiger partial charge in [0.05, 0.1) is 5.97 Å². The molecule has 0 saturated carbocycles. The maximum atomic E-state index is 9.90. The summed E-state index contributed by atoms with van der Waals surface area (Å²) in [5.74, 6) is -1.83. The van der Waals surface area contributed by atoms with E-state index in [0.717, 1.165) is 0 Å². The van der Waals surface area contributed by atoms with Crippen LogP contribution < -0.4 is 40.4 Å². The summed E-state index contributed by atoms with van der Waals surface area (Å²) in [6, 6.07) is -1.33. The van der Waals surface area contributed by atoms with Crippen LogP contribution in [-0.2, 0) is 9.59 Å². The molecule has 0 aromatic heterocycles. The summed E-state index contributed by atoms with van der Waals surface area (Å²) in [5, 5.41) is 25.8. The summed E-state index contributed by atoms with van der Waals surface area (Å²) in [7, 11) is 0. The Kier molecular flexibility index (Phi) is 15.1. The van der Waals surface area contributed by atoms with Gasteiger partial charge in [-0.3, -0.25) is 15.2 Å². The van der Waals surface area contributed by atoms with Gasteiger partial charge >= 0.3 is 29.6 Å². The molecule has 0 radical (unpaired) electrons. The van der Waals surface area contributed by atoms with Gasteiger partial charge in [-0.25, -0.2) is 0 Å². The first-order valence-electron chi connectivity index (χ1n) is 3.46. The van der Waals surface area contributed by atoms with Crippen molar-refractivity contribution in [2.24, 2.45) is 5.73 Å². The molecule has 1 unspecified atom stereocenters. The van der Waals surface area contributed by atoms with Crippen LogP contribution in [0.3, 0.4) is 0 Å². The van der Waals surface area contributed by atoms with Crippen molar-refractivity contribution in [1.29, 1.82) is 0 Å². The third-order valence-electron chi connectivity index (χ3n) is 0.938. The molecule has 4 N–H and O–H groups in total. The second kappa shape index (κ2) is 10.9. The van der Waals surface area contributed by atoms with E-state index in [1.807, 2.05) is 0 Å². The van der Waals surface area contributed by atoms with Crippen molar-refractivity contribution in [3.05, 3.63) is 0 Å². The van der Waals surface area contributed by atoms with E-state index in [4.69, 9.17) is 10.4 Å². The summed E-state index contributed by atoms with van der Waals surface area (Å²) in [6.07, 6.45) is 0.0926. The van der Waals surface area contributed by atoms with Crippen LogP contribution >= 0.6 is 0 Å². The van der Waals surface area contributed by atoms with Gasteiger partial charge in [0.25, 0.3) is 0 Å². The van der Waals surface area contributed by atoms with Crippen molar-refractivity contribution < 1.29 is 54.7 Å². The predicted molar refractivity (Wildman–Crippen MR) is 39.4 cm³/mol. The van der Waals surface area contributed by atoms with Crippen molar-refractivity contribution in [1.82, 2.24) is 5.23 Å². The molecule has 8 heteroatoms. The molecule has 0 aromatic carbocycles. The second-order valence-corrected chi connectivity index (χ2v) is 2.17. The maximum Gasteiger partial charge on any atom is 1.00 e. The number of primary amides is 1. The summed E-state index contributed by atoms with van der Waals surface area (Å²) < 4.78 is 0. The molecule has 78 valence electrons. The molecule has 1 amide bonds. The quantitative estimate of drug-likeness (QED) is 0.320. The number of carboxylic acids is 1. The van der Waals surface area contributed by atoms with Crippen LogP contribution in [0.5, 0.6) is 0 Å². The van der Waals surface area contributed by atoms with E-state index < -0.39 is 12.0 Å². The molecular formula is C6H13N2NaO5. The fourth-order valence-electron chi connectivity index (χ4n) is 0.424. The third-order valence-corrected chi connectivity index (χ3v) is 0.938. The number of hydrogen-bond acceptors (Lipinski definition) is 6. The first-order chi connectivity index (χ1) is 5.82. The number of nitrogens with zero attached hydrogens (tertiary/aromatic N) is 1. The number of amides is 1. The minimum absolute atomic E-state index is 0. The third kappa shape index (κ3) is 14.3. The maximum absolute atomic E-state index is 9.90. The van der Waals surface area contributed by atoms with E-state index in [0.29, 0.717) is 0 Å². The van der Waals surface area contributed by atoms with Crippen molar-refractivity contribution in [3.63, 3.8) is 0 Å². The number of carbonyl (C=O) groups is 2. The Hall–Kier alpha value is -0.180. The van der Waals surface area contributed by atoms with Crippen LogP contribution in [0.15, 0.2) is 0 Å². The van der Waals surface area contributed by atoms with Crippen LogP contribution in [0.1, 0.15) is 20.3 Å². The van der Waals surface area contributed by atoms with Crippen LogP contribution in [0.25, 0.3) is 0 Å². The van der Waals surface area contributed by atoms with Gasteiger partial charge in [0.2, 0.25) is 5.91 Å². The van der Waals surface area contributed by atoms with Gasteiger partial charge in [-0.05, 0) is 6.42 Å². The minimum atomic E-state index is -1.50. The fraction of sp³-hybridized carbons (Fsp3) is 0.667. The van der Waals surface area contributed by atoms with Gasteiger partial charge in [0, 0.05) is 6.92 Å². The summed E-state index contributed by atoms with van der Waals surface area (Å²) in [4.78, 5) is 19.1. The molecule has 1 atom stereocenters. The van der Waals surface area contributed by atoms with Gasteiger partial charge in [0.1, 0.15) is 6.04 Å². The first-order valence-corrected chi connectivity index (χ1v) is 3.46. The van der Waals surface area contributed by atoms with E-state index in [1.54, 1.807) is 0 Å². The fourth-order valence-corrected chi connectivity index (χ4v) is 0.424. The number of carbonyl (C=O) groups excluding carboxylic acids is 2. The topological polar surface area (TPSA) is 127 Å². The predicted octanol–water partition coefficient (Wildman–Crippen LogP) is -4.91. The summed E-state index contributed by atoms with van der Waals surface area (Å²) in [6.45, 7) is 2.81. The van der Waals surface area contributed by atoms with E-state index in [-0.39, 0.29) is 47.1 Å². The van der Waals surface area contributed by atoms with Crippen LogP contribution in [0.4, 0.5) is 0 Å². The van der Waals surface area contributed by atoms with Crippen LogP contribution in [-0.4, -0.2) is 33.6 Å². The molecule has 0 aromatic rings. The van der Waals surface area contributed by atoms with Gasteiger partial charge in [-0.15, -0.1) is 0 Å². The van der Waals surface area contributed by atoms with E-state index in [1.165, 1.54) is 13.8 Å². The van der Waals surface area contributed by atoms with Crippen molar-refractivity contribution in [3.8, 4) is 0 Å². The molecule has 0 spiro atoms. The first kappa shape index (κ1) is 19.4. The molecule has 0 aliphatic rings. The van der Waals surface area contributed by atoms with Gasteiger partial charge < -0.3 is 15.6 Å². The normalized spacial score (nSPS) is 10.6. The number of rotatable bonds is 3. The Bertz CT molecular complexity index is 172. The number of nitrogens with two attached hydrogens (primary N) is 1. The zero-order chi connectivity index (χ0) is 11.0. The molecule has 0 heterocycles. The number of carboxylic acid groups (broad SMARTS) is 1. The smallest absolute Gasteiger partial charge is 0.548 e. The standard InChI is InChI=1S/C4H9NO4.C2H5NO.Na/c1-2-3(4(6)7)5(8)9;1-2(3)4;/h3,8-9H,2H2,1H3,(H,6,7);1H3,(H2,3,4);/q;;+1/p-1. The average Bonchev–Trinajstić information content (AvgIpc) is 1.84. The van der Waals surface area contributed by atoms with Gasteiger partial charge in [-0.1, -0.05) is 12.2 Å². The monoisotopic (exact) mass is 216 g/mol. The Balaban J connectivity index is -0.000000209. The molecule has 0 rings (SSSR count). The Morgan fingerprint density at radius 3 is 1.79 bits per heavy atom. The van der Waals surface area contributed by atoms with Crippen molar-refractivity contribution in [2.75, 3.05) is 0 Å². The summed E-state index contributed by atoms with van der Waals surface area (Å²) in [5.41, 5.74) is 4.47. The molecule has 0 bridgehead atoms. The van der Waals surface area contributed by atoms with Crippen molar-refractivity contribution >= 4 is 11.9 Å². The number of hydrogen-bond donors (Lipinski definition) is 3. The molecule has 0 aliphatic heterocycles. The van der Waals surface area contributed by atoms with Gasteiger partial charge in [-0.2, -0.15) is 0 Å². The molecule has 0 saturated heterocycles. The summed E-state index contributed by atoms with van der Waals surface area (Å²) >= 11 is 0. The SMILES string of the molecule is CC(N)=O.CCC(C(=O)[O-])N(O)O.[Na+]. The van der Waals surface area contributed by atoms with Crippen LogP contribution in [0.2, 0.25) is 0 Å². The molecule has 0 aliphatic carbocycles. The molecule has 14 heavy (non-hydrogen) atoms. The van der Waals surface area contributed by atoms with Crippen molar-refractivity contribution in [2.45, 2.75) is 26.3 Å². The van der Waals surface area contributed by atoms with E-state index in [2.05, 4.69) is 5.73 Å². The van der Waals surface area contributed by atoms with E-state index >= 15 is 0 Å². The molecular weight excluding hydrogens is 203 g/mol. The number of hydroxylamine groups is 2. The molecule has 0 fully saturated rings. The molecule has 7 nitrogen and oxygen atoms in total.